The molecule has 5 heteroatoms. The summed E-state index contributed by atoms with van der Waals surface area (Å²) in [6.07, 6.45) is 6.04. The van der Waals surface area contributed by atoms with Crippen LogP contribution in [0.5, 0.6) is 0 Å². The Morgan fingerprint density at radius 1 is 1.23 bits per heavy atom. The van der Waals surface area contributed by atoms with Crippen molar-refractivity contribution in [3.05, 3.63) is 0 Å². The van der Waals surface area contributed by atoms with Gasteiger partial charge in [0.25, 0.3) is 0 Å². The van der Waals surface area contributed by atoms with Gasteiger partial charge in [-0.1, -0.05) is 12.8 Å². The first-order valence-corrected chi connectivity index (χ1v) is 12.0. The number of rotatable bonds is 1. The predicted molar refractivity (Wildman–Crippen MR) is 106 cm³/mol. The number of epoxide rings is 1. The molecule has 1 aliphatic heterocycles. The highest BCUT2D eigenvalue weighted by molar-refractivity contribution is 5.89. The van der Waals surface area contributed by atoms with E-state index in [1.807, 2.05) is 0 Å². The molecule has 7 aliphatic rings. The van der Waals surface area contributed by atoms with Crippen LogP contribution in [0.3, 0.4) is 0 Å². The Morgan fingerprint density at radius 2 is 2.03 bits per heavy atom. The maximum Gasteiger partial charge on any atom is 0.384 e. The number of carbonyl (C=O) groups excluding carboxylic acids is 2. The van der Waals surface area contributed by atoms with E-state index in [1.165, 1.54) is 0 Å². The van der Waals surface area contributed by atoms with Crippen molar-refractivity contribution in [3.63, 3.8) is 0 Å². The van der Waals surface area contributed by atoms with Crippen molar-refractivity contribution >= 4 is 11.8 Å². The Kier molecular flexibility index (Phi) is 3.13. The molecule has 11 atom stereocenters. The fourth-order valence-electron chi connectivity index (χ4n) is 9.50. The molecule has 0 aromatic rings. The second-order valence-electron chi connectivity index (χ2n) is 11.5. The fraction of sp³-hybridized carbons (Fsp3) is 0.840. The minimum atomic E-state index is -0.800. The average Bonchev–Trinajstić information content (AvgIpc) is 3.59. The van der Waals surface area contributed by atoms with Gasteiger partial charge in [-0.05, 0) is 74.5 Å². The van der Waals surface area contributed by atoms with E-state index in [-0.39, 0.29) is 22.7 Å². The van der Waals surface area contributed by atoms with E-state index in [4.69, 9.17) is 9.47 Å². The lowest BCUT2D eigenvalue weighted by atomic mass is 9.44. The highest BCUT2D eigenvalue weighted by Crippen LogP contribution is 2.85. The number of esters is 1. The smallest absolute Gasteiger partial charge is 0.384 e. The zero-order valence-electron chi connectivity index (χ0n) is 17.8. The summed E-state index contributed by atoms with van der Waals surface area (Å²) < 4.78 is 11.6. The van der Waals surface area contributed by atoms with E-state index in [2.05, 4.69) is 18.8 Å². The van der Waals surface area contributed by atoms with Crippen LogP contribution in [0.2, 0.25) is 0 Å². The molecule has 160 valence electrons. The Balaban J connectivity index is 1.25. The summed E-state index contributed by atoms with van der Waals surface area (Å²) in [5, 5.41) is 11.8. The molecular formula is C25H30O5. The minimum absolute atomic E-state index is 0.161. The lowest BCUT2D eigenvalue weighted by molar-refractivity contribution is -0.206. The Hall–Kier alpha value is -1.38. The molecule has 1 spiro atoms. The van der Waals surface area contributed by atoms with Crippen LogP contribution in [-0.4, -0.2) is 40.3 Å². The maximum absolute atomic E-state index is 12.3. The number of hydrogen-bond donors (Lipinski definition) is 1. The van der Waals surface area contributed by atoms with Crippen LogP contribution >= 0.6 is 0 Å². The lowest BCUT2D eigenvalue weighted by Gasteiger charge is -2.61. The molecule has 7 fully saturated rings. The topological polar surface area (TPSA) is 76.1 Å². The summed E-state index contributed by atoms with van der Waals surface area (Å²) in [6, 6.07) is 0. The van der Waals surface area contributed by atoms with Crippen molar-refractivity contribution < 1.29 is 24.2 Å². The first-order valence-electron chi connectivity index (χ1n) is 12.0. The molecule has 1 heterocycles. The van der Waals surface area contributed by atoms with Crippen LogP contribution in [-0.2, 0) is 19.1 Å². The first kappa shape index (κ1) is 18.2. The molecule has 5 nitrogen and oxygen atoms in total. The van der Waals surface area contributed by atoms with Gasteiger partial charge in [0.1, 0.15) is 11.4 Å². The van der Waals surface area contributed by atoms with E-state index in [0.29, 0.717) is 55.0 Å². The van der Waals surface area contributed by atoms with E-state index in [0.717, 1.165) is 32.1 Å². The molecule has 0 aromatic carbocycles. The number of aliphatic hydroxyl groups is 1. The molecule has 7 rings (SSSR count). The van der Waals surface area contributed by atoms with Gasteiger partial charge >= 0.3 is 5.97 Å². The zero-order chi connectivity index (χ0) is 20.7. The molecule has 30 heavy (non-hydrogen) atoms. The monoisotopic (exact) mass is 410 g/mol. The van der Waals surface area contributed by atoms with E-state index in [1.54, 1.807) is 6.92 Å². The lowest BCUT2D eigenvalue weighted by Crippen LogP contribution is -2.64. The zero-order valence-corrected chi connectivity index (χ0v) is 17.8. The van der Waals surface area contributed by atoms with E-state index >= 15 is 0 Å². The third-order valence-electron chi connectivity index (χ3n) is 10.8. The van der Waals surface area contributed by atoms with Gasteiger partial charge < -0.3 is 14.6 Å². The van der Waals surface area contributed by atoms with Crippen molar-refractivity contribution in [3.8, 4) is 11.8 Å². The van der Waals surface area contributed by atoms with Crippen molar-refractivity contribution in [1.82, 2.24) is 0 Å². The fourth-order valence-corrected chi connectivity index (χ4v) is 9.50. The molecule has 6 aliphatic carbocycles. The molecule has 0 bridgehead atoms. The third kappa shape index (κ3) is 1.80. The number of carbonyl (C=O) groups is 2. The van der Waals surface area contributed by atoms with Crippen molar-refractivity contribution in [1.29, 1.82) is 0 Å². The van der Waals surface area contributed by atoms with Crippen LogP contribution < -0.4 is 0 Å². The second-order valence-corrected chi connectivity index (χ2v) is 11.5. The molecule has 6 saturated carbocycles. The standard InChI is InChI=1S/C25H30O5/c1-3-29-19(27)6-9-24-18-11-15(18)21-20-14-10-17(14)23(28)12-13(26)4-7-22(23,2)16(20)5-8-25(21,24)30-24/h14-18,20-21,28H,3-5,7-8,10-12H2,1-2H3/t14-,15+,16?,17+,18-,20?,21?,22+,23+,24-,25+/m0/s1. The number of fused-ring (bicyclic) bond motifs is 10. The normalized spacial score (nSPS) is 60.4. The summed E-state index contributed by atoms with van der Waals surface area (Å²) in [7, 11) is 0. The minimum Gasteiger partial charge on any atom is -0.456 e. The highest BCUT2D eigenvalue weighted by Gasteiger charge is 2.91. The number of hydrogen-bond acceptors (Lipinski definition) is 5. The van der Waals surface area contributed by atoms with Crippen molar-refractivity contribution in [2.24, 2.45) is 46.8 Å². The number of Topliss-reactive ketones (excluding diaryl/α,β-unsaturated/α-hetero) is 1. The number of ether oxygens (including phenoxy) is 2. The summed E-state index contributed by atoms with van der Waals surface area (Å²) in [4.78, 5) is 24.2. The third-order valence-corrected chi connectivity index (χ3v) is 10.8. The van der Waals surface area contributed by atoms with Gasteiger partial charge in [-0.15, -0.1) is 0 Å². The van der Waals surface area contributed by atoms with Crippen molar-refractivity contribution in [2.75, 3.05) is 6.61 Å². The van der Waals surface area contributed by atoms with Gasteiger partial charge in [-0.3, -0.25) is 4.79 Å². The summed E-state index contributed by atoms with van der Waals surface area (Å²) in [6.45, 7) is 4.43. The van der Waals surface area contributed by atoms with Crippen LogP contribution in [0.4, 0.5) is 0 Å². The highest BCUT2D eigenvalue weighted by atomic mass is 16.6. The SMILES string of the molecule is CCOC(=O)C#C[C@@]12O[C@@]13CCC1C(C3[C@@H]3C[C@@H]32)[C@H]2C[C@H]2[C@]2(O)CC(=O)CC[C@]12C. The Bertz CT molecular complexity index is 947. The van der Waals surface area contributed by atoms with Crippen molar-refractivity contribution in [2.45, 2.75) is 75.6 Å². The van der Waals surface area contributed by atoms with Crippen LogP contribution in [0.1, 0.15) is 58.8 Å². The molecule has 0 radical (unpaired) electrons. The maximum atomic E-state index is 12.3. The Labute approximate surface area is 177 Å². The average molecular weight is 411 g/mol. The molecule has 1 saturated heterocycles. The number of ketones is 1. The van der Waals surface area contributed by atoms with Crippen LogP contribution in [0.15, 0.2) is 0 Å². The van der Waals surface area contributed by atoms with Gasteiger partial charge in [0, 0.05) is 30.1 Å². The van der Waals surface area contributed by atoms with Gasteiger partial charge in [0.2, 0.25) is 0 Å². The van der Waals surface area contributed by atoms with E-state index < -0.39 is 17.2 Å². The summed E-state index contributed by atoms with van der Waals surface area (Å²) >= 11 is 0. The molecule has 1 N–H and O–H groups in total. The van der Waals surface area contributed by atoms with Gasteiger partial charge in [-0.25, -0.2) is 4.79 Å². The quantitative estimate of drug-likeness (QED) is 0.311. The van der Waals surface area contributed by atoms with Gasteiger partial charge in [0.05, 0.1) is 12.2 Å². The van der Waals surface area contributed by atoms with Gasteiger partial charge in [0.15, 0.2) is 5.60 Å². The Morgan fingerprint density at radius 3 is 2.83 bits per heavy atom. The largest absolute Gasteiger partial charge is 0.456 e. The molecule has 3 unspecified atom stereocenters. The molecule has 0 amide bonds. The molecule has 0 aromatic heterocycles. The summed E-state index contributed by atoms with van der Waals surface area (Å²) in [5.41, 5.74) is -1.57. The molecular weight excluding hydrogens is 380 g/mol. The summed E-state index contributed by atoms with van der Waals surface area (Å²) in [5.74, 6) is 9.26. The van der Waals surface area contributed by atoms with Crippen LogP contribution in [0, 0.1) is 58.7 Å². The first-order chi connectivity index (χ1) is 14.3. The predicted octanol–water partition coefficient (Wildman–Crippen LogP) is 2.49. The van der Waals surface area contributed by atoms with Gasteiger partial charge in [-0.2, -0.15) is 0 Å². The van der Waals surface area contributed by atoms with Crippen LogP contribution in [0.25, 0.3) is 0 Å². The van der Waals surface area contributed by atoms with E-state index in [9.17, 15) is 14.7 Å². The second kappa shape index (κ2) is 5.15.